The zero-order valence-electron chi connectivity index (χ0n) is 18.1. The summed E-state index contributed by atoms with van der Waals surface area (Å²) in [4.78, 5) is 30.2. The molecule has 3 heterocycles. The molecule has 2 aromatic rings. The molecule has 0 fully saturated rings. The van der Waals surface area contributed by atoms with E-state index >= 15 is 0 Å². The number of aliphatic imine (C=N–C) groups is 1. The Morgan fingerprint density at radius 3 is 2.68 bits per heavy atom. The van der Waals surface area contributed by atoms with Crippen LogP contribution in [0.5, 0.6) is 5.88 Å². The van der Waals surface area contributed by atoms with Gasteiger partial charge in [-0.1, -0.05) is 25.4 Å². The summed E-state index contributed by atoms with van der Waals surface area (Å²) in [5.41, 5.74) is 5.35. The molecule has 2 atom stereocenters. The molecule has 0 saturated carbocycles. The summed E-state index contributed by atoms with van der Waals surface area (Å²) in [5, 5.41) is 0. The van der Waals surface area contributed by atoms with Gasteiger partial charge in [-0.25, -0.2) is 9.98 Å². The van der Waals surface area contributed by atoms with Crippen molar-refractivity contribution in [2.75, 3.05) is 32.1 Å². The lowest BCUT2D eigenvalue weighted by Gasteiger charge is -2.42. The Morgan fingerprint density at radius 1 is 1.39 bits per heavy atom. The number of carbonyl (C=O) groups excluding carboxylic acids is 1. The first-order chi connectivity index (χ1) is 14.6. The fraction of sp³-hybridized carbons (Fsp3) is 0.500. The van der Waals surface area contributed by atoms with Gasteiger partial charge in [0.25, 0.3) is 5.88 Å². The number of aryl methyl sites for hydroxylation is 1. The lowest BCUT2D eigenvalue weighted by Crippen LogP contribution is -2.57. The van der Waals surface area contributed by atoms with Gasteiger partial charge in [-0.15, -0.1) is 11.3 Å². The summed E-state index contributed by atoms with van der Waals surface area (Å²) in [6.45, 7) is 5.88. The molecule has 2 N–H and O–H groups in total. The topological polar surface area (TPSA) is 96.9 Å². The number of ether oxygens (including phenoxy) is 1. The number of carbonyl (C=O) groups is 1. The largest absolute Gasteiger partial charge is 0.476 e. The lowest BCUT2D eigenvalue weighted by molar-refractivity contribution is -0.133. The second-order valence-corrected chi connectivity index (χ2v) is 9.06. The summed E-state index contributed by atoms with van der Waals surface area (Å²) < 4.78 is 20.5. The van der Waals surface area contributed by atoms with Crippen LogP contribution in [-0.4, -0.2) is 54.0 Å². The molecular weight excluding hydrogens is 443 g/mol. The van der Waals surface area contributed by atoms with Crippen LogP contribution in [0.2, 0.25) is 4.34 Å². The fourth-order valence-corrected chi connectivity index (χ4v) is 4.84. The van der Waals surface area contributed by atoms with Crippen molar-refractivity contribution in [2.24, 2.45) is 16.6 Å². The van der Waals surface area contributed by atoms with E-state index in [0.717, 1.165) is 4.88 Å². The number of hydrogen-bond acceptors (Lipinski definition) is 8. The first-order valence-electron chi connectivity index (χ1n) is 9.93. The summed E-state index contributed by atoms with van der Waals surface area (Å²) in [6, 6.07) is 3.61. The van der Waals surface area contributed by atoms with E-state index in [9.17, 15) is 9.18 Å². The number of guanidine groups is 1. The number of amides is 1. The number of likely N-dealkylation sites (N-methyl/N-ethyl adjacent to an activating group) is 1. The highest BCUT2D eigenvalue weighted by Crippen LogP contribution is 2.43. The predicted octanol–water partition coefficient (Wildman–Crippen LogP) is 3.05. The molecule has 0 saturated heterocycles. The average molecular weight is 469 g/mol. The molecule has 2 aromatic heterocycles. The van der Waals surface area contributed by atoms with Gasteiger partial charge in [0, 0.05) is 19.0 Å². The Bertz CT molecular complexity index is 1020. The van der Waals surface area contributed by atoms with E-state index in [4.69, 9.17) is 27.1 Å². The zero-order valence-corrected chi connectivity index (χ0v) is 19.7. The van der Waals surface area contributed by atoms with Crippen molar-refractivity contribution in [3.8, 4) is 5.88 Å². The van der Waals surface area contributed by atoms with E-state index in [0.29, 0.717) is 10.8 Å². The van der Waals surface area contributed by atoms with Crippen LogP contribution in [0.25, 0.3) is 0 Å². The second-order valence-electron chi connectivity index (χ2n) is 7.35. The highest BCUT2D eigenvalue weighted by atomic mass is 35.5. The van der Waals surface area contributed by atoms with Crippen molar-refractivity contribution in [3.05, 3.63) is 32.9 Å². The summed E-state index contributed by atoms with van der Waals surface area (Å²) >= 11 is 7.54. The molecule has 0 radical (unpaired) electrons. The van der Waals surface area contributed by atoms with Crippen molar-refractivity contribution >= 4 is 40.8 Å². The van der Waals surface area contributed by atoms with E-state index in [1.165, 1.54) is 16.2 Å². The second kappa shape index (κ2) is 8.96. The number of anilines is 1. The van der Waals surface area contributed by atoms with Gasteiger partial charge in [-0.2, -0.15) is 9.37 Å². The van der Waals surface area contributed by atoms with E-state index in [1.54, 1.807) is 32.0 Å². The van der Waals surface area contributed by atoms with Crippen LogP contribution < -0.4 is 15.4 Å². The van der Waals surface area contributed by atoms with Crippen LogP contribution >= 0.6 is 22.9 Å². The Balaban J connectivity index is 2.09. The summed E-state index contributed by atoms with van der Waals surface area (Å²) in [5.74, 6) is -0.957. The Labute approximate surface area is 189 Å². The number of nitrogens with two attached hydrogens (primary N) is 1. The van der Waals surface area contributed by atoms with Crippen LogP contribution in [0.1, 0.15) is 31.3 Å². The molecule has 3 rings (SSSR count). The number of rotatable bonds is 7. The predicted molar refractivity (Wildman–Crippen MR) is 120 cm³/mol. The number of aromatic nitrogens is 2. The highest BCUT2D eigenvalue weighted by Gasteiger charge is 2.49. The smallest absolute Gasteiger partial charge is 0.255 e. The summed E-state index contributed by atoms with van der Waals surface area (Å²) in [6.07, 6.45) is 0.381. The monoisotopic (exact) mass is 468 g/mol. The van der Waals surface area contributed by atoms with E-state index < -0.39 is 17.3 Å². The van der Waals surface area contributed by atoms with Crippen LogP contribution in [-0.2, 0) is 16.8 Å². The van der Waals surface area contributed by atoms with Gasteiger partial charge < -0.3 is 15.4 Å². The van der Waals surface area contributed by atoms with Gasteiger partial charge in [-0.3, -0.25) is 9.69 Å². The molecule has 1 amide bonds. The minimum atomic E-state index is -1.00. The maximum absolute atomic E-state index is 14.5. The molecule has 0 bridgehead atoms. The number of hydrogen-bond donors (Lipinski definition) is 1. The Kier molecular flexibility index (Phi) is 6.70. The minimum Gasteiger partial charge on any atom is -0.476 e. The molecule has 0 spiro atoms. The number of nitrogens with zero attached hydrogens (tertiary/aromatic N) is 5. The SMILES string of the molecule is CCOc1nc(N(C)C[C@]2(c3ccc(Cl)s3)N=C(N)N(C)C(=O)[C@@H]2C)nc(CC)c1F. The van der Waals surface area contributed by atoms with Gasteiger partial charge in [0.15, 0.2) is 5.96 Å². The molecule has 0 aliphatic carbocycles. The molecule has 8 nitrogen and oxygen atoms in total. The van der Waals surface area contributed by atoms with Crippen molar-refractivity contribution in [1.82, 2.24) is 14.9 Å². The van der Waals surface area contributed by atoms with Crippen LogP contribution in [0.15, 0.2) is 17.1 Å². The number of thiophene rings is 1. The maximum atomic E-state index is 14.5. The van der Waals surface area contributed by atoms with Crippen LogP contribution in [0.3, 0.4) is 0 Å². The third kappa shape index (κ3) is 4.18. The van der Waals surface area contributed by atoms with E-state index in [-0.39, 0.29) is 42.5 Å². The van der Waals surface area contributed by atoms with Crippen molar-refractivity contribution in [1.29, 1.82) is 0 Å². The maximum Gasteiger partial charge on any atom is 0.255 e. The van der Waals surface area contributed by atoms with Crippen molar-refractivity contribution in [3.63, 3.8) is 0 Å². The molecule has 0 aromatic carbocycles. The highest BCUT2D eigenvalue weighted by molar-refractivity contribution is 7.16. The molecular formula is C20H26ClFN6O2S. The van der Waals surface area contributed by atoms with Crippen molar-refractivity contribution < 1.29 is 13.9 Å². The minimum absolute atomic E-state index is 0.0973. The van der Waals surface area contributed by atoms with Gasteiger partial charge in [-0.05, 0) is 25.5 Å². The van der Waals surface area contributed by atoms with Gasteiger partial charge in [0.2, 0.25) is 17.7 Å². The zero-order chi connectivity index (χ0) is 22.9. The average Bonchev–Trinajstić information content (AvgIpc) is 3.18. The quantitative estimate of drug-likeness (QED) is 0.670. The first kappa shape index (κ1) is 23.2. The normalized spacial score (nSPS) is 21.3. The van der Waals surface area contributed by atoms with E-state index in [1.807, 2.05) is 19.9 Å². The molecule has 0 unspecified atom stereocenters. The summed E-state index contributed by atoms with van der Waals surface area (Å²) in [7, 11) is 3.36. The van der Waals surface area contributed by atoms with Crippen LogP contribution in [0, 0.1) is 11.7 Å². The van der Waals surface area contributed by atoms with Crippen molar-refractivity contribution in [2.45, 2.75) is 32.7 Å². The molecule has 1 aliphatic rings. The first-order valence-corrected chi connectivity index (χ1v) is 11.1. The third-order valence-corrected chi connectivity index (χ3v) is 6.79. The van der Waals surface area contributed by atoms with Gasteiger partial charge in [0.05, 0.1) is 29.1 Å². The fourth-order valence-electron chi connectivity index (χ4n) is 3.58. The standard InChI is InChI=1S/C20H26ClFN6O2S/c1-6-12-15(22)16(30-7-2)25-19(24-12)27(4)10-20(13-8-9-14(21)31-13)11(3)17(29)28(5)18(23)26-20/h8-9,11H,6-7,10H2,1-5H3,(H2,23,26)/t11-,20-/m0/s1. The van der Waals surface area contributed by atoms with Gasteiger partial charge in [0.1, 0.15) is 5.54 Å². The Morgan fingerprint density at radius 2 is 2.10 bits per heavy atom. The van der Waals surface area contributed by atoms with Gasteiger partial charge >= 0.3 is 0 Å². The number of halogens is 2. The Hall–Kier alpha value is -2.46. The molecule has 168 valence electrons. The molecule has 1 aliphatic heterocycles. The molecule has 31 heavy (non-hydrogen) atoms. The molecule has 11 heteroatoms. The van der Waals surface area contributed by atoms with E-state index in [2.05, 4.69) is 9.97 Å². The van der Waals surface area contributed by atoms with Crippen LogP contribution in [0.4, 0.5) is 10.3 Å². The third-order valence-electron chi connectivity index (χ3n) is 5.39. The lowest BCUT2D eigenvalue weighted by atomic mass is 9.81.